The van der Waals surface area contributed by atoms with Crippen LogP contribution in [0.1, 0.15) is 22.5 Å². The quantitative estimate of drug-likeness (QED) is 0.662. The molecule has 3 heteroatoms. The normalized spacial score (nSPS) is 13.5. The van der Waals surface area contributed by atoms with E-state index < -0.39 is 0 Å². The fraction of sp³-hybridized carbons (Fsp3) is 0.261. The van der Waals surface area contributed by atoms with Crippen molar-refractivity contribution < 1.29 is 0 Å². The summed E-state index contributed by atoms with van der Waals surface area (Å²) in [6.45, 7) is 3.85. The topological polar surface area (TPSA) is 20.5 Å². The number of benzene rings is 2. The lowest BCUT2D eigenvalue weighted by Crippen LogP contribution is -2.25. The summed E-state index contributed by atoms with van der Waals surface area (Å²) >= 11 is 0. The van der Waals surface area contributed by atoms with Gasteiger partial charge in [-0.2, -0.15) is 0 Å². The summed E-state index contributed by atoms with van der Waals surface area (Å²) in [7, 11) is 2.21. The molecule has 0 saturated heterocycles. The fourth-order valence-corrected chi connectivity index (χ4v) is 3.62. The van der Waals surface area contributed by atoms with E-state index in [4.69, 9.17) is 4.99 Å². The Hall–Kier alpha value is -2.65. The summed E-state index contributed by atoms with van der Waals surface area (Å²) in [5, 5.41) is 0. The van der Waals surface area contributed by atoms with Crippen LogP contribution in [-0.4, -0.2) is 35.3 Å². The largest absolute Gasteiger partial charge is 0.340 e. The molecule has 4 rings (SSSR count). The lowest BCUT2D eigenvalue weighted by Gasteiger charge is -2.22. The van der Waals surface area contributed by atoms with Crippen LogP contribution in [0.2, 0.25) is 0 Å². The van der Waals surface area contributed by atoms with E-state index in [1.54, 1.807) is 0 Å². The minimum Gasteiger partial charge on any atom is -0.340 e. The summed E-state index contributed by atoms with van der Waals surface area (Å²) in [4.78, 5) is 7.20. The molecule has 0 spiro atoms. The molecule has 1 aliphatic rings. The molecule has 3 nitrogen and oxygen atoms in total. The number of nitrogens with zero attached hydrogens (tertiary/aromatic N) is 3. The van der Waals surface area contributed by atoms with E-state index in [9.17, 15) is 0 Å². The van der Waals surface area contributed by atoms with Crippen molar-refractivity contribution in [2.24, 2.45) is 4.99 Å². The molecular formula is C23H25N3. The molecular weight excluding hydrogens is 318 g/mol. The van der Waals surface area contributed by atoms with Gasteiger partial charge in [0.15, 0.2) is 0 Å². The molecule has 0 atom stereocenters. The monoisotopic (exact) mass is 343 g/mol. The van der Waals surface area contributed by atoms with Crippen molar-refractivity contribution in [2.45, 2.75) is 19.5 Å². The highest BCUT2D eigenvalue weighted by atomic mass is 15.1. The van der Waals surface area contributed by atoms with Gasteiger partial charge in [-0.1, -0.05) is 60.7 Å². The first kappa shape index (κ1) is 16.8. The molecule has 0 unspecified atom stereocenters. The molecule has 0 radical (unpaired) electrons. The fourth-order valence-electron chi connectivity index (χ4n) is 3.62. The van der Waals surface area contributed by atoms with E-state index in [-0.39, 0.29) is 0 Å². The van der Waals surface area contributed by atoms with Crippen LogP contribution in [0, 0.1) is 0 Å². The van der Waals surface area contributed by atoms with Gasteiger partial charge in [-0.15, -0.1) is 0 Å². The van der Waals surface area contributed by atoms with Gasteiger partial charge in [0.05, 0.1) is 18.0 Å². The van der Waals surface area contributed by atoms with E-state index in [0.717, 1.165) is 38.3 Å². The Labute approximate surface area is 155 Å². The zero-order chi connectivity index (χ0) is 17.8. The van der Waals surface area contributed by atoms with Crippen LogP contribution in [0.4, 0.5) is 0 Å². The van der Waals surface area contributed by atoms with Gasteiger partial charge in [-0.05, 0) is 31.2 Å². The third-order valence-electron chi connectivity index (χ3n) is 5.01. The van der Waals surface area contributed by atoms with Crippen LogP contribution >= 0.6 is 0 Å². The first-order chi connectivity index (χ1) is 12.8. The first-order valence-electron chi connectivity index (χ1n) is 9.32. The standard InChI is InChI=1S/C23H25N3/c1-25(16-14-19-8-4-2-5-9-19)18-21-12-13-22-23(24-15-17-26(21)22)20-10-6-3-7-11-20/h2-13H,14-18H2,1H3. The molecule has 26 heavy (non-hydrogen) atoms. The summed E-state index contributed by atoms with van der Waals surface area (Å²) < 4.78 is 2.44. The van der Waals surface area contributed by atoms with Gasteiger partial charge < -0.3 is 9.47 Å². The van der Waals surface area contributed by atoms with Crippen molar-refractivity contribution in [3.8, 4) is 0 Å². The Morgan fingerprint density at radius 3 is 2.42 bits per heavy atom. The number of hydrogen-bond donors (Lipinski definition) is 0. The molecule has 0 amide bonds. The number of likely N-dealkylation sites (N-methyl/N-ethyl adjacent to an activating group) is 1. The molecule has 0 fully saturated rings. The number of aromatic nitrogens is 1. The van der Waals surface area contributed by atoms with Crippen molar-refractivity contribution in [3.63, 3.8) is 0 Å². The van der Waals surface area contributed by atoms with Crippen molar-refractivity contribution in [1.82, 2.24) is 9.47 Å². The van der Waals surface area contributed by atoms with Crippen molar-refractivity contribution in [1.29, 1.82) is 0 Å². The smallest absolute Gasteiger partial charge is 0.0884 e. The van der Waals surface area contributed by atoms with Gasteiger partial charge in [-0.3, -0.25) is 4.99 Å². The Morgan fingerprint density at radius 2 is 1.65 bits per heavy atom. The lowest BCUT2D eigenvalue weighted by molar-refractivity contribution is 0.321. The molecule has 2 heterocycles. The summed E-state index contributed by atoms with van der Waals surface area (Å²) in [5.74, 6) is 0. The van der Waals surface area contributed by atoms with Gasteiger partial charge in [-0.25, -0.2) is 0 Å². The molecule has 1 aliphatic heterocycles. The maximum absolute atomic E-state index is 4.79. The third-order valence-corrected chi connectivity index (χ3v) is 5.01. The number of rotatable bonds is 6. The summed E-state index contributed by atoms with van der Waals surface area (Å²) in [6.07, 6.45) is 1.08. The highest BCUT2D eigenvalue weighted by Crippen LogP contribution is 2.20. The maximum atomic E-state index is 4.79. The van der Waals surface area contributed by atoms with Crippen molar-refractivity contribution in [2.75, 3.05) is 20.1 Å². The van der Waals surface area contributed by atoms with E-state index in [1.165, 1.54) is 22.5 Å². The van der Waals surface area contributed by atoms with Crippen LogP contribution < -0.4 is 0 Å². The molecule has 0 saturated carbocycles. The minimum atomic E-state index is 0.854. The van der Waals surface area contributed by atoms with Crippen LogP contribution in [0.25, 0.3) is 0 Å². The van der Waals surface area contributed by atoms with Gasteiger partial charge >= 0.3 is 0 Å². The van der Waals surface area contributed by atoms with Crippen LogP contribution in [0.3, 0.4) is 0 Å². The van der Waals surface area contributed by atoms with E-state index in [0.29, 0.717) is 0 Å². The molecule has 3 aromatic rings. The van der Waals surface area contributed by atoms with Crippen molar-refractivity contribution >= 4 is 5.71 Å². The maximum Gasteiger partial charge on any atom is 0.0884 e. The van der Waals surface area contributed by atoms with Gasteiger partial charge in [0.25, 0.3) is 0 Å². The number of fused-ring (bicyclic) bond motifs is 1. The van der Waals surface area contributed by atoms with Crippen molar-refractivity contribution in [3.05, 3.63) is 95.3 Å². The molecule has 0 N–H and O–H groups in total. The van der Waals surface area contributed by atoms with Gasteiger partial charge in [0.2, 0.25) is 0 Å². The lowest BCUT2D eigenvalue weighted by atomic mass is 10.1. The second-order valence-electron chi connectivity index (χ2n) is 6.93. The van der Waals surface area contributed by atoms with E-state index in [1.807, 2.05) is 0 Å². The van der Waals surface area contributed by atoms with Crippen LogP contribution in [0.5, 0.6) is 0 Å². The Bertz CT molecular complexity index is 878. The highest BCUT2D eigenvalue weighted by Gasteiger charge is 2.18. The molecule has 2 aromatic carbocycles. The predicted octanol–water partition coefficient (Wildman–Crippen LogP) is 4.01. The zero-order valence-corrected chi connectivity index (χ0v) is 15.3. The Morgan fingerprint density at radius 1 is 0.923 bits per heavy atom. The predicted molar refractivity (Wildman–Crippen MR) is 108 cm³/mol. The van der Waals surface area contributed by atoms with Gasteiger partial charge in [0.1, 0.15) is 0 Å². The highest BCUT2D eigenvalue weighted by molar-refractivity contribution is 6.12. The number of hydrogen-bond acceptors (Lipinski definition) is 2. The summed E-state index contributed by atoms with van der Waals surface area (Å²) in [6, 6.07) is 25.7. The first-order valence-corrected chi connectivity index (χ1v) is 9.32. The van der Waals surface area contributed by atoms with Gasteiger partial charge in [0, 0.05) is 30.9 Å². The summed E-state index contributed by atoms with van der Waals surface area (Å²) in [5.41, 5.74) is 6.34. The second-order valence-corrected chi connectivity index (χ2v) is 6.93. The third kappa shape index (κ3) is 3.63. The minimum absolute atomic E-state index is 0.854. The molecule has 0 aliphatic carbocycles. The SMILES string of the molecule is CN(CCc1ccccc1)Cc1ccc2n1CCN=C2c1ccccc1. The molecule has 132 valence electrons. The van der Waals surface area contributed by atoms with E-state index in [2.05, 4.69) is 89.3 Å². The Balaban J connectivity index is 1.46. The van der Waals surface area contributed by atoms with E-state index >= 15 is 0 Å². The second kappa shape index (κ2) is 7.71. The van der Waals surface area contributed by atoms with Crippen LogP contribution in [0.15, 0.2) is 77.8 Å². The zero-order valence-electron chi connectivity index (χ0n) is 15.3. The number of aliphatic imine (C=N–C) groups is 1. The Kier molecular flexibility index (Phi) is 4.98. The average Bonchev–Trinajstić information content (AvgIpc) is 3.11. The molecule has 0 bridgehead atoms. The average molecular weight is 343 g/mol. The van der Waals surface area contributed by atoms with Crippen LogP contribution in [-0.2, 0) is 19.5 Å². The molecule has 1 aromatic heterocycles.